The lowest BCUT2D eigenvalue weighted by Crippen LogP contribution is -2.10. The minimum absolute atomic E-state index is 0.313. The molecule has 0 amide bonds. The molecule has 0 N–H and O–H groups in total. The van der Waals surface area contributed by atoms with Crippen LogP contribution in [0.2, 0.25) is 0 Å². The first kappa shape index (κ1) is 20.7. The molecule has 6 rings (SSSR count). The summed E-state index contributed by atoms with van der Waals surface area (Å²) in [7, 11) is 0. The van der Waals surface area contributed by atoms with Gasteiger partial charge in [0.25, 0.3) is 0 Å². The van der Waals surface area contributed by atoms with E-state index in [1.807, 2.05) is 0 Å². The second-order valence-corrected chi connectivity index (χ2v) is 9.24. The Morgan fingerprint density at radius 3 is 1.85 bits per heavy atom. The Balaban J connectivity index is 1.55. The summed E-state index contributed by atoms with van der Waals surface area (Å²) in [5.41, 5.74) is 5.68. The predicted octanol–water partition coefficient (Wildman–Crippen LogP) is 9.16. The lowest BCUT2D eigenvalue weighted by Gasteiger charge is -2.27. The summed E-state index contributed by atoms with van der Waals surface area (Å²) >= 11 is 0. The lowest BCUT2D eigenvalue weighted by atomic mass is 9.77. The summed E-state index contributed by atoms with van der Waals surface area (Å²) in [6.45, 7) is 0. The van der Waals surface area contributed by atoms with E-state index in [1.54, 1.807) is 0 Å². The van der Waals surface area contributed by atoms with E-state index in [0.717, 1.165) is 12.8 Å². The van der Waals surface area contributed by atoms with E-state index in [9.17, 15) is 0 Å². The standard InChI is InChI=1S/C34H28/c1-2-4-18-33(32-21-11-15-26-13-7-8-17-29(26)32)34-20-10-9-19-31(34)30(16-3-1)28-23-22-25-12-5-6-14-27(25)24-28/h1-15,17,19-24,30,33H,16,18H2. The van der Waals surface area contributed by atoms with Gasteiger partial charge in [-0.25, -0.2) is 0 Å². The second kappa shape index (κ2) is 9.15. The van der Waals surface area contributed by atoms with Gasteiger partial charge in [-0.05, 0) is 56.6 Å². The fourth-order valence-corrected chi connectivity index (χ4v) is 5.57. The van der Waals surface area contributed by atoms with E-state index in [0.29, 0.717) is 11.8 Å². The van der Waals surface area contributed by atoms with Crippen LogP contribution in [-0.4, -0.2) is 0 Å². The maximum Gasteiger partial charge on any atom is 0.0133 e. The van der Waals surface area contributed by atoms with E-state index in [1.165, 1.54) is 43.8 Å². The number of fused-ring (bicyclic) bond motifs is 3. The Morgan fingerprint density at radius 1 is 0.441 bits per heavy atom. The summed E-state index contributed by atoms with van der Waals surface area (Å²) in [6, 6.07) is 40.3. The Bertz CT molecular complexity index is 1510. The molecule has 0 saturated carbocycles. The molecule has 1 aliphatic rings. The number of rotatable bonds is 2. The third-order valence-corrected chi connectivity index (χ3v) is 7.25. The number of allylic oxidation sites excluding steroid dienone is 4. The minimum atomic E-state index is 0.313. The molecular formula is C34H28. The third kappa shape index (κ3) is 3.86. The van der Waals surface area contributed by atoms with Gasteiger partial charge in [-0.2, -0.15) is 0 Å². The van der Waals surface area contributed by atoms with Crippen LogP contribution in [0.3, 0.4) is 0 Å². The fraction of sp³-hybridized carbons (Fsp3) is 0.118. The molecule has 0 radical (unpaired) electrons. The predicted molar refractivity (Wildman–Crippen MR) is 146 cm³/mol. The van der Waals surface area contributed by atoms with Crippen LogP contribution in [0.4, 0.5) is 0 Å². The Hall–Kier alpha value is -3.90. The molecule has 0 fully saturated rings. The van der Waals surface area contributed by atoms with Gasteiger partial charge in [-0.1, -0.05) is 133 Å². The van der Waals surface area contributed by atoms with Crippen molar-refractivity contribution >= 4 is 21.5 Å². The largest absolute Gasteiger partial charge is 0.0836 e. The second-order valence-electron chi connectivity index (χ2n) is 9.24. The van der Waals surface area contributed by atoms with Gasteiger partial charge in [-0.15, -0.1) is 0 Å². The van der Waals surface area contributed by atoms with Crippen LogP contribution in [0.5, 0.6) is 0 Å². The molecule has 0 bridgehead atoms. The highest BCUT2D eigenvalue weighted by atomic mass is 14.3. The molecule has 0 aromatic heterocycles. The molecule has 2 atom stereocenters. The Morgan fingerprint density at radius 2 is 1.03 bits per heavy atom. The summed E-state index contributed by atoms with van der Waals surface area (Å²) < 4.78 is 0. The monoisotopic (exact) mass is 436 g/mol. The highest BCUT2D eigenvalue weighted by molar-refractivity contribution is 5.87. The maximum absolute atomic E-state index is 2.39. The van der Waals surface area contributed by atoms with Crippen molar-refractivity contribution in [1.29, 1.82) is 0 Å². The van der Waals surface area contributed by atoms with Gasteiger partial charge in [0.15, 0.2) is 0 Å². The van der Waals surface area contributed by atoms with Gasteiger partial charge in [-0.3, -0.25) is 0 Å². The van der Waals surface area contributed by atoms with Crippen LogP contribution in [0.1, 0.15) is 46.9 Å². The van der Waals surface area contributed by atoms with E-state index in [4.69, 9.17) is 0 Å². The smallest absolute Gasteiger partial charge is 0.0133 e. The molecule has 0 heteroatoms. The zero-order valence-electron chi connectivity index (χ0n) is 19.3. The molecule has 0 heterocycles. The lowest BCUT2D eigenvalue weighted by molar-refractivity contribution is 0.765. The number of benzene rings is 5. The van der Waals surface area contributed by atoms with Crippen molar-refractivity contribution < 1.29 is 0 Å². The molecule has 0 nitrogen and oxygen atoms in total. The Kier molecular flexibility index (Phi) is 5.57. The van der Waals surface area contributed by atoms with E-state index < -0.39 is 0 Å². The molecule has 0 saturated heterocycles. The number of hydrogen-bond donors (Lipinski definition) is 0. The van der Waals surface area contributed by atoms with Gasteiger partial charge >= 0.3 is 0 Å². The molecule has 0 aliphatic heterocycles. The van der Waals surface area contributed by atoms with Crippen LogP contribution >= 0.6 is 0 Å². The normalized spacial score (nSPS) is 18.1. The fourth-order valence-electron chi connectivity index (χ4n) is 5.57. The van der Waals surface area contributed by atoms with E-state index >= 15 is 0 Å². The summed E-state index contributed by atoms with van der Waals surface area (Å²) in [6.07, 6.45) is 11.1. The van der Waals surface area contributed by atoms with Crippen molar-refractivity contribution in [3.05, 3.63) is 156 Å². The number of hydrogen-bond acceptors (Lipinski definition) is 0. The molecule has 2 unspecified atom stereocenters. The van der Waals surface area contributed by atoms with Crippen LogP contribution in [0.15, 0.2) is 133 Å². The first-order chi connectivity index (χ1) is 16.9. The van der Waals surface area contributed by atoms with Gasteiger partial charge < -0.3 is 0 Å². The highest BCUT2D eigenvalue weighted by Crippen LogP contribution is 2.41. The quantitative estimate of drug-likeness (QED) is 0.259. The van der Waals surface area contributed by atoms with Gasteiger partial charge in [0.05, 0.1) is 0 Å². The SMILES string of the molecule is C1=CCC(c2ccc3ccccc3c2)c2ccccc2C(c2cccc3ccccc23)CC=C1. The zero-order valence-corrected chi connectivity index (χ0v) is 19.3. The van der Waals surface area contributed by atoms with Gasteiger partial charge in [0, 0.05) is 11.8 Å². The van der Waals surface area contributed by atoms with Gasteiger partial charge in [0.2, 0.25) is 0 Å². The minimum Gasteiger partial charge on any atom is -0.0836 e. The highest BCUT2D eigenvalue weighted by Gasteiger charge is 2.23. The maximum atomic E-state index is 2.39. The van der Waals surface area contributed by atoms with Crippen LogP contribution in [0.25, 0.3) is 21.5 Å². The average Bonchev–Trinajstić information content (AvgIpc) is 2.90. The summed E-state index contributed by atoms with van der Waals surface area (Å²) in [5.74, 6) is 0.633. The van der Waals surface area contributed by atoms with Gasteiger partial charge in [0.1, 0.15) is 0 Å². The first-order valence-corrected chi connectivity index (χ1v) is 12.3. The third-order valence-electron chi connectivity index (χ3n) is 7.25. The molecule has 34 heavy (non-hydrogen) atoms. The molecule has 5 aromatic carbocycles. The van der Waals surface area contributed by atoms with Crippen LogP contribution in [-0.2, 0) is 0 Å². The summed E-state index contributed by atoms with van der Waals surface area (Å²) in [4.78, 5) is 0. The van der Waals surface area contributed by atoms with E-state index in [2.05, 4.69) is 133 Å². The molecule has 5 aromatic rings. The molecular weight excluding hydrogens is 408 g/mol. The van der Waals surface area contributed by atoms with E-state index in [-0.39, 0.29) is 0 Å². The van der Waals surface area contributed by atoms with Crippen molar-refractivity contribution in [2.45, 2.75) is 24.7 Å². The molecule has 1 aliphatic carbocycles. The first-order valence-electron chi connectivity index (χ1n) is 12.3. The van der Waals surface area contributed by atoms with Crippen molar-refractivity contribution in [2.24, 2.45) is 0 Å². The summed E-state index contributed by atoms with van der Waals surface area (Å²) in [5, 5.41) is 5.27. The zero-order chi connectivity index (χ0) is 22.7. The van der Waals surface area contributed by atoms with Crippen molar-refractivity contribution in [2.75, 3.05) is 0 Å². The topological polar surface area (TPSA) is 0 Å². The molecule has 0 spiro atoms. The van der Waals surface area contributed by atoms with Crippen LogP contribution < -0.4 is 0 Å². The Labute approximate surface area is 201 Å². The van der Waals surface area contributed by atoms with Crippen molar-refractivity contribution in [3.63, 3.8) is 0 Å². The van der Waals surface area contributed by atoms with Crippen LogP contribution in [0, 0.1) is 0 Å². The average molecular weight is 437 g/mol. The molecule has 164 valence electrons. The van der Waals surface area contributed by atoms with Crippen molar-refractivity contribution in [1.82, 2.24) is 0 Å². The van der Waals surface area contributed by atoms with Crippen molar-refractivity contribution in [3.8, 4) is 0 Å².